The van der Waals surface area contributed by atoms with E-state index >= 15 is 0 Å². The van der Waals surface area contributed by atoms with Gasteiger partial charge in [0.15, 0.2) is 0 Å². The fourth-order valence-corrected chi connectivity index (χ4v) is 3.69. The van der Waals surface area contributed by atoms with Crippen LogP contribution in [0.3, 0.4) is 0 Å². The van der Waals surface area contributed by atoms with Gasteiger partial charge in [0, 0.05) is 29.7 Å². The van der Waals surface area contributed by atoms with Crippen molar-refractivity contribution in [1.82, 2.24) is 20.7 Å². The molecule has 7 nitrogen and oxygen atoms in total. The summed E-state index contributed by atoms with van der Waals surface area (Å²) in [6.07, 6.45) is 5.29. The molecule has 0 saturated heterocycles. The molecule has 1 unspecified atom stereocenters. The van der Waals surface area contributed by atoms with Crippen molar-refractivity contribution >= 4 is 40.3 Å². The first-order chi connectivity index (χ1) is 14.7. The van der Waals surface area contributed by atoms with E-state index in [9.17, 15) is 9.59 Å². The number of H-pyrrole nitrogens is 1. The smallest absolute Gasteiger partial charge is 0.262 e. The summed E-state index contributed by atoms with van der Waals surface area (Å²) in [4.78, 5) is 33.3. The number of carbonyl (C=O) groups is 2. The summed E-state index contributed by atoms with van der Waals surface area (Å²) < 4.78 is 0. The number of nitrogens with one attached hydrogen (secondary N) is 3. The number of aromatic amines is 1. The molecule has 0 fully saturated rings. The van der Waals surface area contributed by atoms with Crippen LogP contribution in [0.25, 0.3) is 10.9 Å². The van der Waals surface area contributed by atoms with E-state index in [-0.39, 0.29) is 5.91 Å². The third-order valence-electron chi connectivity index (χ3n) is 4.53. The molecule has 0 radical (unpaired) electrons. The van der Waals surface area contributed by atoms with Crippen molar-refractivity contribution in [2.75, 3.05) is 0 Å². The predicted octanol–water partition coefficient (Wildman–Crippen LogP) is 3.12. The number of rotatable bonds is 7. The lowest BCUT2D eigenvalue weighted by molar-refractivity contribution is -0.122. The fourth-order valence-electron chi connectivity index (χ4n) is 3.06. The molecule has 8 heteroatoms. The third kappa shape index (κ3) is 4.61. The Labute approximate surface area is 176 Å². The molecule has 0 spiro atoms. The number of carbonyl (C=O) groups excluding carboxylic acids is 2. The van der Waals surface area contributed by atoms with Crippen LogP contribution in [0.2, 0.25) is 0 Å². The number of aromatic nitrogens is 2. The van der Waals surface area contributed by atoms with Crippen molar-refractivity contribution in [2.45, 2.75) is 12.5 Å². The molecule has 1 aromatic carbocycles. The quantitative estimate of drug-likeness (QED) is 0.318. The third-order valence-corrected chi connectivity index (χ3v) is 5.39. The average molecular weight is 417 g/mol. The van der Waals surface area contributed by atoms with Crippen LogP contribution in [-0.4, -0.2) is 34.0 Å². The lowest BCUT2D eigenvalue weighted by atomic mass is 10.0. The van der Waals surface area contributed by atoms with Crippen molar-refractivity contribution in [3.8, 4) is 0 Å². The van der Waals surface area contributed by atoms with E-state index in [0.29, 0.717) is 17.0 Å². The molecule has 3 aromatic heterocycles. The van der Waals surface area contributed by atoms with Crippen molar-refractivity contribution < 1.29 is 9.59 Å². The van der Waals surface area contributed by atoms with E-state index in [1.54, 1.807) is 30.5 Å². The Kier molecular flexibility index (Phi) is 5.95. The number of hydrogen-bond acceptors (Lipinski definition) is 5. The summed E-state index contributed by atoms with van der Waals surface area (Å²) in [6, 6.07) is 16.0. The van der Waals surface area contributed by atoms with Gasteiger partial charge in [0.1, 0.15) is 6.04 Å². The standard InChI is InChI=1S/C22H19N5O2S/c28-21(27-25-14-16-6-3-4-10-23-16)19(26-22(29)20-9-5-11-30-20)12-15-13-24-18-8-2-1-7-17(15)18/h1-11,13-14,19,24H,12H2,(H,26,29)(H,27,28). The molecule has 0 aliphatic rings. The minimum Gasteiger partial charge on any atom is -0.361 e. The summed E-state index contributed by atoms with van der Waals surface area (Å²) in [5.41, 5.74) is 5.04. The van der Waals surface area contributed by atoms with Crippen molar-refractivity contribution in [2.24, 2.45) is 5.10 Å². The Morgan fingerprint density at radius 3 is 2.80 bits per heavy atom. The molecule has 3 N–H and O–H groups in total. The van der Waals surface area contributed by atoms with Gasteiger partial charge in [-0.25, -0.2) is 5.43 Å². The highest BCUT2D eigenvalue weighted by Gasteiger charge is 2.23. The van der Waals surface area contributed by atoms with E-state index < -0.39 is 11.9 Å². The van der Waals surface area contributed by atoms with E-state index in [2.05, 4.69) is 25.8 Å². The maximum Gasteiger partial charge on any atom is 0.262 e. The average Bonchev–Trinajstić information content (AvgIpc) is 3.45. The van der Waals surface area contributed by atoms with Crippen molar-refractivity contribution in [1.29, 1.82) is 0 Å². The molecule has 4 rings (SSSR count). The van der Waals surface area contributed by atoms with Gasteiger partial charge in [0.05, 0.1) is 16.8 Å². The Bertz CT molecular complexity index is 1170. The van der Waals surface area contributed by atoms with Crippen molar-refractivity contribution in [3.05, 3.63) is 88.5 Å². The normalized spacial score (nSPS) is 12.1. The van der Waals surface area contributed by atoms with Crippen LogP contribution in [-0.2, 0) is 11.2 Å². The highest BCUT2D eigenvalue weighted by molar-refractivity contribution is 7.12. The van der Waals surface area contributed by atoms with Crippen LogP contribution in [0.15, 0.2) is 77.5 Å². The molecule has 4 aromatic rings. The molecular formula is C22H19N5O2S. The van der Waals surface area contributed by atoms with E-state index in [0.717, 1.165) is 16.5 Å². The molecule has 2 amide bonds. The summed E-state index contributed by atoms with van der Waals surface area (Å²) in [7, 11) is 0. The topological polar surface area (TPSA) is 99.2 Å². The van der Waals surface area contributed by atoms with Gasteiger partial charge in [-0.2, -0.15) is 5.10 Å². The highest BCUT2D eigenvalue weighted by Crippen LogP contribution is 2.19. The summed E-state index contributed by atoms with van der Waals surface area (Å²) in [5.74, 6) is -0.698. The number of amides is 2. The van der Waals surface area contributed by atoms with Crippen LogP contribution in [0.5, 0.6) is 0 Å². The van der Waals surface area contributed by atoms with Crippen LogP contribution in [0.4, 0.5) is 0 Å². The number of benzene rings is 1. The summed E-state index contributed by atoms with van der Waals surface area (Å²) in [6.45, 7) is 0. The molecule has 150 valence electrons. The molecule has 0 aliphatic heterocycles. The Balaban J connectivity index is 1.52. The number of fused-ring (bicyclic) bond motifs is 1. The minimum atomic E-state index is -0.792. The maximum absolute atomic E-state index is 12.8. The number of nitrogens with zero attached hydrogens (tertiary/aromatic N) is 2. The predicted molar refractivity (Wildman–Crippen MR) is 118 cm³/mol. The molecule has 0 bridgehead atoms. The number of hydrogen-bond donors (Lipinski definition) is 3. The van der Waals surface area contributed by atoms with Crippen LogP contribution in [0, 0.1) is 0 Å². The van der Waals surface area contributed by atoms with E-state index in [1.807, 2.05) is 41.9 Å². The first-order valence-corrected chi connectivity index (χ1v) is 10.2. The molecule has 0 saturated carbocycles. The van der Waals surface area contributed by atoms with Gasteiger partial charge in [0.2, 0.25) is 0 Å². The van der Waals surface area contributed by atoms with Crippen LogP contribution >= 0.6 is 11.3 Å². The Hall–Kier alpha value is -3.78. The molecule has 30 heavy (non-hydrogen) atoms. The molecule has 3 heterocycles. The van der Waals surface area contributed by atoms with E-state index in [4.69, 9.17) is 0 Å². The fraction of sp³-hybridized carbons (Fsp3) is 0.0909. The first-order valence-electron chi connectivity index (χ1n) is 9.34. The maximum atomic E-state index is 12.8. The van der Waals surface area contributed by atoms with Gasteiger partial charge in [0.25, 0.3) is 11.8 Å². The number of para-hydroxylation sites is 1. The van der Waals surface area contributed by atoms with Gasteiger partial charge in [-0.1, -0.05) is 30.3 Å². The largest absolute Gasteiger partial charge is 0.361 e. The van der Waals surface area contributed by atoms with Crippen molar-refractivity contribution in [3.63, 3.8) is 0 Å². The molecule has 1 atom stereocenters. The van der Waals surface area contributed by atoms with Crippen LogP contribution in [0.1, 0.15) is 20.9 Å². The number of thiophene rings is 1. The second-order valence-corrected chi connectivity index (χ2v) is 7.50. The zero-order valence-electron chi connectivity index (χ0n) is 15.9. The monoisotopic (exact) mass is 417 g/mol. The van der Waals surface area contributed by atoms with Gasteiger partial charge in [-0.05, 0) is 35.2 Å². The minimum absolute atomic E-state index is 0.293. The Morgan fingerprint density at radius 2 is 2.00 bits per heavy atom. The SMILES string of the molecule is O=C(NC(Cc1c[nH]c2ccccc12)C(=O)NN=Cc1ccccn1)c1cccs1. The number of pyridine rings is 1. The lowest BCUT2D eigenvalue weighted by Gasteiger charge is -2.16. The zero-order chi connectivity index (χ0) is 20.8. The lowest BCUT2D eigenvalue weighted by Crippen LogP contribution is -2.46. The van der Waals surface area contributed by atoms with Gasteiger partial charge >= 0.3 is 0 Å². The zero-order valence-corrected chi connectivity index (χ0v) is 16.7. The summed E-state index contributed by atoms with van der Waals surface area (Å²) >= 11 is 1.32. The second-order valence-electron chi connectivity index (χ2n) is 6.56. The number of hydrazone groups is 1. The summed E-state index contributed by atoms with van der Waals surface area (Å²) in [5, 5.41) is 9.64. The highest BCUT2D eigenvalue weighted by atomic mass is 32.1. The van der Waals surface area contributed by atoms with Gasteiger partial charge < -0.3 is 10.3 Å². The molecule has 0 aliphatic carbocycles. The van der Waals surface area contributed by atoms with Crippen LogP contribution < -0.4 is 10.7 Å². The van der Waals surface area contributed by atoms with Gasteiger partial charge in [-0.3, -0.25) is 14.6 Å². The first kappa shape index (κ1) is 19.5. The van der Waals surface area contributed by atoms with E-state index in [1.165, 1.54) is 17.6 Å². The second kappa shape index (κ2) is 9.15. The van der Waals surface area contributed by atoms with Gasteiger partial charge in [-0.15, -0.1) is 11.3 Å². The molecular weight excluding hydrogens is 398 g/mol. The Morgan fingerprint density at radius 1 is 1.13 bits per heavy atom.